The van der Waals surface area contributed by atoms with E-state index in [-0.39, 0.29) is 5.91 Å². The molecule has 0 spiro atoms. The molecule has 2 aromatic rings. The van der Waals surface area contributed by atoms with Crippen molar-refractivity contribution < 1.29 is 9.53 Å². The van der Waals surface area contributed by atoms with Gasteiger partial charge in [0.2, 0.25) is 5.91 Å². The summed E-state index contributed by atoms with van der Waals surface area (Å²) in [4.78, 5) is 11.7. The summed E-state index contributed by atoms with van der Waals surface area (Å²) in [7, 11) is 0. The predicted octanol–water partition coefficient (Wildman–Crippen LogP) is 3.24. The van der Waals surface area contributed by atoms with Crippen molar-refractivity contribution in [1.29, 1.82) is 0 Å². The Morgan fingerprint density at radius 2 is 1.91 bits per heavy atom. The Labute approximate surface area is 137 Å². The second-order valence-electron chi connectivity index (χ2n) is 5.31. The maximum Gasteiger partial charge on any atom is 0.224 e. The Morgan fingerprint density at radius 1 is 1.13 bits per heavy atom. The molecule has 0 radical (unpaired) electrons. The molecule has 23 heavy (non-hydrogen) atoms. The number of hydrogen-bond acceptors (Lipinski definition) is 2. The van der Waals surface area contributed by atoms with Crippen LogP contribution in [0.15, 0.2) is 48.5 Å². The van der Waals surface area contributed by atoms with E-state index in [1.807, 2.05) is 56.3 Å². The number of amides is 1. The Kier molecular flexibility index (Phi) is 6.26. The minimum atomic E-state index is -0.0582. The first-order valence-corrected chi connectivity index (χ1v) is 7.66. The van der Waals surface area contributed by atoms with Gasteiger partial charge in [0, 0.05) is 5.56 Å². The Balaban J connectivity index is 1.68. The Morgan fingerprint density at radius 3 is 2.65 bits per heavy atom. The molecule has 118 valence electrons. The fourth-order valence-electron chi connectivity index (χ4n) is 2.11. The van der Waals surface area contributed by atoms with E-state index >= 15 is 0 Å². The second-order valence-corrected chi connectivity index (χ2v) is 5.31. The standard InChI is InChI=1S/C20H21NO2/c1-16-10-11-19(17(2)15-16)23-14-12-20(22)21-13-6-9-18-7-4-3-5-8-18/h3-5,7-8,10-11,15H,12-14H2,1-2H3,(H,21,22). The van der Waals surface area contributed by atoms with Crippen LogP contribution in [0.4, 0.5) is 0 Å². The van der Waals surface area contributed by atoms with E-state index in [0.717, 1.165) is 16.9 Å². The van der Waals surface area contributed by atoms with Crippen LogP contribution in [0.2, 0.25) is 0 Å². The molecule has 0 fully saturated rings. The minimum Gasteiger partial charge on any atom is -0.493 e. The van der Waals surface area contributed by atoms with Gasteiger partial charge in [-0.15, -0.1) is 0 Å². The molecule has 1 N–H and O–H groups in total. The molecule has 0 saturated carbocycles. The molecule has 0 unspecified atom stereocenters. The SMILES string of the molecule is Cc1ccc(OCCC(=O)NCC#Cc2ccccc2)c(C)c1. The fraction of sp³-hybridized carbons (Fsp3) is 0.250. The average Bonchev–Trinajstić information content (AvgIpc) is 2.55. The van der Waals surface area contributed by atoms with Crippen LogP contribution in [0.1, 0.15) is 23.1 Å². The van der Waals surface area contributed by atoms with E-state index < -0.39 is 0 Å². The summed E-state index contributed by atoms with van der Waals surface area (Å²) in [6, 6.07) is 15.7. The van der Waals surface area contributed by atoms with E-state index in [2.05, 4.69) is 23.2 Å². The molecule has 0 heterocycles. The van der Waals surface area contributed by atoms with Crippen molar-refractivity contribution >= 4 is 5.91 Å². The number of benzene rings is 2. The van der Waals surface area contributed by atoms with E-state index in [1.165, 1.54) is 5.56 Å². The van der Waals surface area contributed by atoms with Gasteiger partial charge in [-0.05, 0) is 37.6 Å². The lowest BCUT2D eigenvalue weighted by molar-refractivity contribution is -0.121. The summed E-state index contributed by atoms with van der Waals surface area (Å²) in [6.45, 7) is 4.75. The summed E-state index contributed by atoms with van der Waals surface area (Å²) in [5, 5.41) is 2.77. The molecule has 3 nitrogen and oxygen atoms in total. The number of nitrogens with one attached hydrogen (secondary N) is 1. The highest BCUT2D eigenvalue weighted by Gasteiger charge is 2.03. The minimum absolute atomic E-state index is 0.0582. The third-order valence-corrected chi connectivity index (χ3v) is 3.30. The summed E-state index contributed by atoms with van der Waals surface area (Å²) in [6.07, 6.45) is 0.320. The van der Waals surface area contributed by atoms with Crippen molar-refractivity contribution in [2.45, 2.75) is 20.3 Å². The summed E-state index contributed by atoms with van der Waals surface area (Å²) < 4.78 is 5.64. The first-order valence-electron chi connectivity index (χ1n) is 7.66. The highest BCUT2D eigenvalue weighted by atomic mass is 16.5. The topological polar surface area (TPSA) is 38.3 Å². The normalized spacial score (nSPS) is 9.65. The van der Waals surface area contributed by atoms with Gasteiger partial charge in [-0.1, -0.05) is 47.7 Å². The lowest BCUT2D eigenvalue weighted by Crippen LogP contribution is -2.25. The van der Waals surface area contributed by atoms with Crippen LogP contribution in [0.3, 0.4) is 0 Å². The van der Waals surface area contributed by atoms with E-state index in [4.69, 9.17) is 4.74 Å². The Bertz CT molecular complexity index is 711. The molecule has 0 aromatic heterocycles. The van der Waals surface area contributed by atoms with Crippen LogP contribution in [0.25, 0.3) is 0 Å². The van der Waals surface area contributed by atoms with Crippen molar-refractivity contribution in [3.63, 3.8) is 0 Å². The number of rotatable bonds is 5. The number of carbonyl (C=O) groups excluding carboxylic acids is 1. The Hall–Kier alpha value is -2.73. The van der Waals surface area contributed by atoms with Crippen LogP contribution in [0, 0.1) is 25.7 Å². The molecule has 0 bridgehead atoms. The largest absolute Gasteiger partial charge is 0.493 e. The molecule has 3 heteroatoms. The zero-order valence-electron chi connectivity index (χ0n) is 13.6. The molecule has 2 rings (SSSR count). The van der Waals surface area contributed by atoms with Gasteiger partial charge in [0.15, 0.2) is 0 Å². The highest BCUT2D eigenvalue weighted by molar-refractivity contribution is 5.76. The van der Waals surface area contributed by atoms with Crippen LogP contribution in [0.5, 0.6) is 5.75 Å². The zero-order chi connectivity index (χ0) is 16.5. The summed E-state index contributed by atoms with van der Waals surface area (Å²) in [5.74, 6) is 6.70. The molecule has 2 aromatic carbocycles. The van der Waals surface area contributed by atoms with Gasteiger partial charge in [-0.25, -0.2) is 0 Å². The monoisotopic (exact) mass is 307 g/mol. The van der Waals surface area contributed by atoms with Gasteiger partial charge in [0.1, 0.15) is 5.75 Å². The highest BCUT2D eigenvalue weighted by Crippen LogP contribution is 2.18. The maximum absolute atomic E-state index is 11.7. The van der Waals surface area contributed by atoms with Crippen molar-refractivity contribution in [3.8, 4) is 17.6 Å². The van der Waals surface area contributed by atoms with Gasteiger partial charge in [-0.3, -0.25) is 4.79 Å². The van der Waals surface area contributed by atoms with Crippen LogP contribution in [-0.4, -0.2) is 19.1 Å². The first-order chi connectivity index (χ1) is 11.1. The van der Waals surface area contributed by atoms with E-state index in [9.17, 15) is 4.79 Å². The van der Waals surface area contributed by atoms with E-state index in [0.29, 0.717) is 19.6 Å². The lowest BCUT2D eigenvalue weighted by Gasteiger charge is -2.09. The first kappa shape index (κ1) is 16.6. The third-order valence-electron chi connectivity index (χ3n) is 3.30. The number of aryl methyl sites for hydroxylation is 2. The quantitative estimate of drug-likeness (QED) is 0.861. The molecule has 0 aliphatic carbocycles. The molecular formula is C20H21NO2. The second kappa shape index (κ2) is 8.65. The smallest absolute Gasteiger partial charge is 0.224 e. The average molecular weight is 307 g/mol. The number of hydrogen-bond donors (Lipinski definition) is 1. The summed E-state index contributed by atoms with van der Waals surface area (Å²) >= 11 is 0. The predicted molar refractivity (Wildman–Crippen MR) is 92.4 cm³/mol. The van der Waals surface area contributed by atoms with E-state index in [1.54, 1.807) is 0 Å². The molecule has 0 aliphatic heterocycles. The van der Waals surface area contributed by atoms with Crippen molar-refractivity contribution in [3.05, 3.63) is 65.2 Å². The zero-order valence-corrected chi connectivity index (χ0v) is 13.6. The van der Waals surface area contributed by atoms with Gasteiger partial charge in [0.05, 0.1) is 19.6 Å². The number of carbonyl (C=O) groups is 1. The van der Waals surface area contributed by atoms with Crippen molar-refractivity contribution in [2.75, 3.05) is 13.2 Å². The molecule has 0 atom stereocenters. The van der Waals surface area contributed by atoms with Crippen molar-refractivity contribution in [1.82, 2.24) is 5.32 Å². The van der Waals surface area contributed by atoms with Crippen LogP contribution in [-0.2, 0) is 4.79 Å². The van der Waals surface area contributed by atoms with Gasteiger partial charge < -0.3 is 10.1 Å². The van der Waals surface area contributed by atoms with Crippen LogP contribution >= 0.6 is 0 Å². The molecular weight excluding hydrogens is 286 g/mol. The van der Waals surface area contributed by atoms with Gasteiger partial charge in [-0.2, -0.15) is 0 Å². The summed E-state index contributed by atoms with van der Waals surface area (Å²) in [5.41, 5.74) is 3.23. The molecule has 0 aliphatic rings. The van der Waals surface area contributed by atoms with Gasteiger partial charge in [0.25, 0.3) is 0 Å². The lowest BCUT2D eigenvalue weighted by atomic mass is 10.1. The van der Waals surface area contributed by atoms with Crippen LogP contribution < -0.4 is 10.1 Å². The molecule has 1 amide bonds. The number of ether oxygens (including phenoxy) is 1. The fourth-order valence-corrected chi connectivity index (χ4v) is 2.11. The van der Waals surface area contributed by atoms with Gasteiger partial charge >= 0.3 is 0 Å². The van der Waals surface area contributed by atoms with Crippen molar-refractivity contribution in [2.24, 2.45) is 0 Å². The third kappa shape index (κ3) is 5.88. The maximum atomic E-state index is 11.7. The molecule has 0 saturated heterocycles.